The van der Waals surface area contributed by atoms with E-state index < -0.39 is 0 Å². The Labute approximate surface area is 146 Å². The van der Waals surface area contributed by atoms with Crippen LogP contribution in [0, 0.1) is 5.82 Å². The normalized spacial score (nSPS) is 14.8. The average molecular weight is 345 g/mol. The van der Waals surface area contributed by atoms with Gasteiger partial charge in [0.25, 0.3) is 0 Å². The summed E-state index contributed by atoms with van der Waals surface area (Å²) in [6, 6.07) is 12.5. The Hall–Kier alpha value is -2.33. The van der Waals surface area contributed by atoms with E-state index in [9.17, 15) is 4.39 Å². The van der Waals surface area contributed by atoms with Crippen LogP contribution < -0.4 is 4.74 Å². The van der Waals surface area contributed by atoms with Crippen molar-refractivity contribution in [2.24, 2.45) is 4.99 Å². The van der Waals surface area contributed by atoms with E-state index in [0.29, 0.717) is 22.4 Å². The highest BCUT2D eigenvalue weighted by molar-refractivity contribution is 6.69. The second-order valence-electron chi connectivity index (χ2n) is 5.89. The minimum absolute atomic E-state index is 0.206. The largest absolute Gasteiger partial charge is 0.450 e. The first-order valence-corrected chi connectivity index (χ1v) is 8.07. The summed E-state index contributed by atoms with van der Waals surface area (Å²) < 4.78 is 19.0. The zero-order valence-electron chi connectivity index (χ0n) is 13.6. The standard InChI is InChI=1S/C19H18ClFN2O/c1-23(2)12-18-19(20)22-16-11-14(8-9-17(16)24-18)7-6-13-4-3-5-15(21)10-13/h3-5,8-12H,6-7H2,1-2H3. The Kier molecular flexibility index (Phi) is 4.86. The number of nitrogens with zero attached hydrogens (tertiary/aromatic N) is 2. The first-order chi connectivity index (χ1) is 11.5. The number of aryl methyl sites for hydroxylation is 2. The van der Waals surface area contributed by atoms with Gasteiger partial charge in [0, 0.05) is 20.3 Å². The van der Waals surface area contributed by atoms with Gasteiger partial charge in [0.05, 0.1) is 0 Å². The molecular formula is C19H18ClFN2O. The Bertz CT molecular complexity index is 815. The molecule has 0 unspecified atom stereocenters. The van der Waals surface area contributed by atoms with Crippen molar-refractivity contribution in [3.8, 4) is 5.75 Å². The fourth-order valence-corrected chi connectivity index (χ4v) is 2.69. The molecule has 5 heteroatoms. The lowest BCUT2D eigenvalue weighted by Gasteiger charge is -2.18. The highest BCUT2D eigenvalue weighted by atomic mass is 35.5. The van der Waals surface area contributed by atoms with Crippen LogP contribution in [0.1, 0.15) is 11.1 Å². The third-order valence-electron chi connectivity index (χ3n) is 3.63. The quantitative estimate of drug-likeness (QED) is 0.804. The molecule has 2 aromatic rings. The van der Waals surface area contributed by atoms with Crippen LogP contribution in [0.4, 0.5) is 10.1 Å². The van der Waals surface area contributed by atoms with Crippen LogP contribution in [0.5, 0.6) is 5.75 Å². The van der Waals surface area contributed by atoms with Crippen LogP contribution >= 0.6 is 11.6 Å². The van der Waals surface area contributed by atoms with Gasteiger partial charge in [0.2, 0.25) is 0 Å². The second kappa shape index (κ2) is 7.05. The third kappa shape index (κ3) is 3.95. The van der Waals surface area contributed by atoms with Crippen LogP contribution in [0.3, 0.4) is 0 Å². The predicted molar refractivity (Wildman–Crippen MR) is 95.6 cm³/mol. The van der Waals surface area contributed by atoms with Gasteiger partial charge >= 0.3 is 0 Å². The lowest BCUT2D eigenvalue weighted by molar-refractivity contribution is 0.427. The van der Waals surface area contributed by atoms with Crippen molar-refractivity contribution in [1.82, 2.24) is 4.90 Å². The Morgan fingerprint density at radius 3 is 2.58 bits per heavy atom. The minimum atomic E-state index is -0.206. The zero-order valence-corrected chi connectivity index (χ0v) is 14.3. The number of halogens is 2. The van der Waals surface area contributed by atoms with E-state index in [4.69, 9.17) is 16.3 Å². The molecule has 24 heavy (non-hydrogen) atoms. The molecule has 0 fully saturated rings. The van der Waals surface area contributed by atoms with Crippen molar-refractivity contribution in [2.45, 2.75) is 12.8 Å². The molecule has 0 radical (unpaired) electrons. The lowest BCUT2D eigenvalue weighted by Crippen LogP contribution is -2.13. The monoisotopic (exact) mass is 344 g/mol. The molecule has 0 aromatic heterocycles. The molecule has 0 bridgehead atoms. The maximum Gasteiger partial charge on any atom is 0.180 e. The predicted octanol–water partition coefficient (Wildman–Crippen LogP) is 4.68. The Balaban J connectivity index is 1.76. The Morgan fingerprint density at radius 2 is 1.88 bits per heavy atom. The number of rotatable bonds is 4. The molecule has 0 saturated carbocycles. The van der Waals surface area contributed by atoms with Crippen molar-refractivity contribution < 1.29 is 9.13 Å². The number of ether oxygens (including phenoxy) is 1. The molecule has 3 nitrogen and oxygen atoms in total. The third-order valence-corrected chi connectivity index (χ3v) is 3.90. The molecule has 2 aromatic carbocycles. The molecule has 3 rings (SSSR count). The summed E-state index contributed by atoms with van der Waals surface area (Å²) in [7, 11) is 3.79. The van der Waals surface area contributed by atoms with Crippen LogP contribution in [-0.4, -0.2) is 24.2 Å². The van der Waals surface area contributed by atoms with Gasteiger partial charge in [-0.05, 0) is 48.2 Å². The lowest BCUT2D eigenvalue weighted by atomic mass is 10.0. The van der Waals surface area contributed by atoms with Gasteiger partial charge < -0.3 is 9.64 Å². The number of hydrogen-bond acceptors (Lipinski definition) is 3. The van der Waals surface area contributed by atoms with Gasteiger partial charge in [0.15, 0.2) is 16.7 Å². The van der Waals surface area contributed by atoms with Crippen molar-refractivity contribution in [3.63, 3.8) is 0 Å². The van der Waals surface area contributed by atoms with Crippen LogP contribution in [0.15, 0.2) is 59.4 Å². The number of benzene rings is 2. The maximum absolute atomic E-state index is 13.2. The summed E-state index contributed by atoms with van der Waals surface area (Å²) in [6.45, 7) is 0. The smallest absolute Gasteiger partial charge is 0.180 e. The first-order valence-electron chi connectivity index (χ1n) is 7.69. The van der Waals surface area contributed by atoms with Crippen molar-refractivity contribution >= 4 is 22.5 Å². The molecule has 0 amide bonds. The van der Waals surface area contributed by atoms with Crippen molar-refractivity contribution in [2.75, 3.05) is 14.1 Å². The first kappa shape index (κ1) is 16.5. The summed E-state index contributed by atoms with van der Waals surface area (Å²) in [5.41, 5.74) is 2.80. The number of hydrogen-bond donors (Lipinski definition) is 0. The molecule has 0 spiro atoms. The molecule has 0 N–H and O–H groups in total. The molecule has 124 valence electrons. The van der Waals surface area contributed by atoms with E-state index in [2.05, 4.69) is 4.99 Å². The van der Waals surface area contributed by atoms with E-state index in [0.717, 1.165) is 24.0 Å². The van der Waals surface area contributed by atoms with E-state index in [1.54, 1.807) is 18.3 Å². The molecule has 0 aliphatic carbocycles. The molecular weight excluding hydrogens is 327 g/mol. The highest BCUT2D eigenvalue weighted by Gasteiger charge is 2.18. The summed E-state index contributed by atoms with van der Waals surface area (Å²) in [5, 5.41) is 0.332. The van der Waals surface area contributed by atoms with Gasteiger partial charge in [-0.2, -0.15) is 0 Å². The van der Waals surface area contributed by atoms with Gasteiger partial charge in [-0.1, -0.05) is 29.8 Å². The number of aliphatic imine (C=N–C) groups is 1. The minimum Gasteiger partial charge on any atom is -0.450 e. The van der Waals surface area contributed by atoms with Crippen LogP contribution in [0.25, 0.3) is 0 Å². The second-order valence-corrected chi connectivity index (χ2v) is 6.25. The summed E-state index contributed by atoms with van der Waals surface area (Å²) in [4.78, 5) is 6.26. The van der Waals surface area contributed by atoms with Crippen LogP contribution in [0.2, 0.25) is 0 Å². The summed E-state index contributed by atoms with van der Waals surface area (Å²) in [6.07, 6.45) is 3.34. The summed E-state index contributed by atoms with van der Waals surface area (Å²) >= 11 is 6.19. The van der Waals surface area contributed by atoms with Gasteiger partial charge in [-0.25, -0.2) is 9.38 Å². The van der Waals surface area contributed by atoms with E-state index in [-0.39, 0.29) is 5.82 Å². The van der Waals surface area contributed by atoms with E-state index >= 15 is 0 Å². The maximum atomic E-state index is 13.2. The fourth-order valence-electron chi connectivity index (χ4n) is 2.51. The molecule has 1 aliphatic rings. The fraction of sp³-hybridized carbons (Fsp3) is 0.211. The zero-order chi connectivity index (χ0) is 17.1. The molecule has 1 heterocycles. The Morgan fingerprint density at radius 1 is 1.12 bits per heavy atom. The van der Waals surface area contributed by atoms with Crippen LogP contribution in [-0.2, 0) is 12.8 Å². The van der Waals surface area contributed by atoms with E-state index in [1.165, 1.54) is 6.07 Å². The number of allylic oxidation sites excluding steroid dienone is 1. The SMILES string of the molecule is CN(C)C=C1Oc2ccc(CCc3cccc(F)c3)cc2N=C1Cl. The average Bonchev–Trinajstić information content (AvgIpc) is 2.53. The highest BCUT2D eigenvalue weighted by Crippen LogP contribution is 2.35. The van der Waals surface area contributed by atoms with Crippen molar-refractivity contribution in [3.05, 3.63) is 71.4 Å². The van der Waals surface area contributed by atoms with Gasteiger partial charge in [-0.15, -0.1) is 0 Å². The summed E-state index contributed by atoms with van der Waals surface area (Å²) in [5.74, 6) is 1.01. The van der Waals surface area contributed by atoms with Crippen molar-refractivity contribution in [1.29, 1.82) is 0 Å². The topological polar surface area (TPSA) is 24.8 Å². The van der Waals surface area contributed by atoms with Gasteiger partial charge in [-0.3, -0.25) is 0 Å². The molecule has 1 aliphatic heterocycles. The molecule has 0 atom stereocenters. The number of fused-ring (bicyclic) bond motifs is 1. The molecule has 0 saturated heterocycles. The van der Waals surface area contributed by atoms with E-state index in [1.807, 2.05) is 43.3 Å². The van der Waals surface area contributed by atoms with Gasteiger partial charge in [0.1, 0.15) is 11.5 Å².